The Morgan fingerprint density at radius 3 is 2.48 bits per heavy atom. The SMILES string of the molecule is NCCCC[C@H](NC(=O)c1cc2cc(OP(=O)(O)O)ccc2[nH]1)C(=O)N1CCC[C@H]1C(=O)N[C@@H](Cc1ccccc1)C(N)=O. The Kier molecular flexibility index (Phi) is 10.8. The monoisotopic (exact) mass is 628 g/mol. The second-order valence-corrected chi connectivity index (χ2v) is 11.8. The molecule has 2 aromatic carbocycles. The molecule has 0 bridgehead atoms. The first-order valence-corrected chi connectivity index (χ1v) is 15.8. The molecule has 1 aromatic heterocycles. The number of carbonyl (C=O) groups excluding carboxylic acids is 4. The summed E-state index contributed by atoms with van der Waals surface area (Å²) in [4.78, 5) is 75.0. The maximum absolute atomic E-state index is 13.8. The second kappa shape index (κ2) is 14.5. The lowest BCUT2D eigenvalue weighted by molar-refractivity contribution is -0.140. The molecule has 3 aromatic rings. The van der Waals surface area contributed by atoms with Gasteiger partial charge in [-0.05, 0) is 68.5 Å². The third kappa shape index (κ3) is 8.66. The van der Waals surface area contributed by atoms with E-state index in [0.717, 1.165) is 5.56 Å². The number of rotatable bonds is 14. The van der Waals surface area contributed by atoms with Crippen LogP contribution in [0.5, 0.6) is 5.75 Å². The first-order valence-electron chi connectivity index (χ1n) is 14.3. The Hall–Kier alpha value is -4.23. The number of carbonyl (C=O) groups is 4. The molecular formula is C29H37N6O8P. The molecular weight excluding hydrogens is 591 g/mol. The summed E-state index contributed by atoms with van der Waals surface area (Å²) in [5.74, 6) is -2.27. The molecule has 14 nitrogen and oxygen atoms in total. The Bertz CT molecular complexity index is 1540. The van der Waals surface area contributed by atoms with Gasteiger partial charge in [-0.15, -0.1) is 0 Å². The highest BCUT2D eigenvalue weighted by Gasteiger charge is 2.38. The van der Waals surface area contributed by atoms with Crippen molar-refractivity contribution in [2.75, 3.05) is 13.1 Å². The van der Waals surface area contributed by atoms with Crippen molar-refractivity contribution in [1.29, 1.82) is 0 Å². The molecule has 1 saturated heterocycles. The summed E-state index contributed by atoms with van der Waals surface area (Å²) >= 11 is 0. The molecule has 3 atom stereocenters. The van der Waals surface area contributed by atoms with Gasteiger partial charge in [-0.1, -0.05) is 30.3 Å². The zero-order chi connectivity index (χ0) is 31.9. The third-order valence-corrected chi connectivity index (χ3v) is 7.84. The number of unbranched alkanes of at least 4 members (excludes halogenated alkanes) is 1. The van der Waals surface area contributed by atoms with Crippen LogP contribution in [0.4, 0.5) is 0 Å². The predicted octanol–water partition coefficient (Wildman–Crippen LogP) is 1.07. The molecule has 4 rings (SSSR count). The van der Waals surface area contributed by atoms with Gasteiger partial charge in [-0.2, -0.15) is 0 Å². The lowest BCUT2D eigenvalue weighted by atomic mass is 10.0. The van der Waals surface area contributed by atoms with E-state index in [1.807, 2.05) is 30.3 Å². The Labute approximate surface area is 253 Å². The van der Waals surface area contributed by atoms with Gasteiger partial charge >= 0.3 is 7.82 Å². The predicted molar refractivity (Wildman–Crippen MR) is 161 cm³/mol. The fourth-order valence-corrected chi connectivity index (χ4v) is 5.65. The van der Waals surface area contributed by atoms with Crippen molar-refractivity contribution < 1.29 is 38.1 Å². The summed E-state index contributed by atoms with van der Waals surface area (Å²) in [6.45, 7) is 0.704. The van der Waals surface area contributed by atoms with Gasteiger partial charge in [0, 0.05) is 23.9 Å². The minimum absolute atomic E-state index is 0.0766. The van der Waals surface area contributed by atoms with Crippen molar-refractivity contribution in [2.24, 2.45) is 11.5 Å². The van der Waals surface area contributed by atoms with Crippen LogP contribution >= 0.6 is 7.82 Å². The molecule has 236 valence electrons. The van der Waals surface area contributed by atoms with E-state index in [1.54, 1.807) is 0 Å². The van der Waals surface area contributed by atoms with Gasteiger partial charge in [0.25, 0.3) is 5.91 Å². The second-order valence-electron chi connectivity index (χ2n) is 10.7. The van der Waals surface area contributed by atoms with Crippen LogP contribution in [-0.4, -0.2) is 74.5 Å². The number of benzene rings is 2. The van der Waals surface area contributed by atoms with E-state index in [4.69, 9.17) is 21.3 Å². The highest BCUT2D eigenvalue weighted by Crippen LogP contribution is 2.38. The zero-order valence-electron chi connectivity index (χ0n) is 24.0. The molecule has 44 heavy (non-hydrogen) atoms. The van der Waals surface area contributed by atoms with Crippen molar-refractivity contribution in [1.82, 2.24) is 20.5 Å². The number of phosphoric acid groups is 1. The van der Waals surface area contributed by atoms with Crippen LogP contribution < -0.4 is 26.6 Å². The number of aromatic nitrogens is 1. The largest absolute Gasteiger partial charge is 0.524 e. The van der Waals surface area contributed by atoms with Gasteiger partial charge in [-0.25, -0.2) is 4.57 Å². The number of hydrogen-bond donors (Lipinski definition) is 7. The molecule has 0 radical (unpaired) electrons. The topological polar surface area (TPSA) is 230 Å². The number of primary amides is 1. The number of hydrogen-bond acceptors (Lipinski definition) is 7. The van der Waals surface area contributed by atoms with Crippen LogP contribution in [0.15, 0.2) is 54.6 Å². The molecule has 0 spiro atoms. The van der Waals surface area contributed by atoms with E-state index in [2.05, 4.69) is 20.1 Å². The van der Waals surface area contributed by atoms with Gasteiger partial charge in [0.2, 0.25) is 17.7 Å². The number of amides is 4. The molecule has 1 aliphatic rings. The Balaban J connectivity index is 1.48. The first kappa shape index (κ1) is 32.7. The Morgan fingerprint density at radius 1 is 1.05 bits per heavy atom. The Morgan fingerprint density at radius 2 is 1.80 bits per heavy atom. The molecule has 0 aliphatic carbocycles. The van der Waals surface area contributed by atoms with E-state index in [-0.39, 0.29) is 24.3 Å². The van der Waals surface area contributed by atoms with Crippen LogP contribution in [0.3, 0.4) is 0 Å². The molecule has 1 aliphatic heterocycles. The van der Waals surface area contributed by atoms with Gasteiger partial charge in [0.1, 0.15) is 29.6 Å². The number of nitrogens with one attached hydrogen (secondary N) is 3. The quantitative estimate of drug-likeness (QED) is 0.0998. The number of aromatic amines is 1. The highest BCUT2D eigenvalue weighted by molar-refractivity contribution is 7.46. The van der Waals surface area contributed by atoms with E-state index in [9.17, 15) is 23.7 Å². The van der Waals surface area contributed by atoms with Crippen molar-refractivity contribution >= 4 is 42.4 Å². The van der Waals surface area contributed by atoms with Crippen molar-refractivity contribution in [3.8, 4) is 5.75 Å². The molecule has 0 unspecified atom stereocenters. The van der Waals surface area contributed by atoms with Gasteiger partial charge in [0.15, 0.2) is 0 Å². The first-order chi connectivity index (χ1) is 20.9. The average Bonchev–Trinajstić information content (AvgIpc) is 3.63. The molecule has 4 amide bonds. The molecule has 15 heteroatoms. The minimum Gasteiger partial charge on any atom is -0.404 e. The average molecular weight is 629 g/mol. The summed E-state index contributed by atoms with van der Waals surface area (Å²) in [6.07, 6.45) is 2.61. The van der Waals surface area contributed by atoms with Crippen LogP contribution in [0.25, 0.3) is 10.9 Å². The number of likely N-dealkylation sites (tertiary alicyclic amines) is 1. The van der Waals surface area contributed by atoms with Crippen LogP contribution in [-0.2, 0) is 25.4 Å². The maximum Gasteiger partial charge on any atom is 0.524 e. The van der Waals surface area contributed by atoms with E-state index >= 15 is 0 Å². The van der Waals surface area contributed by atoms with E-state index in [0.29, 0.717) is 49.7 Å². The van der Waals surface area contributed by atoms with Crippen LogP contribution in [0.1, 0.15) is 48.2 Å². The highest BCUT2D eigenvalue weighted by atomic mass is 31.2. The smallest absolute Gasteiger partial charge is 0.404 e. The summed E-state index contributed by atoms with van der Waals surface area (Å²) in [7, 11) is -4.77. The fourth-order valence-electron chi connectivity index (χ4n) is 5.26. The summed E-state index contributed by atoms with van der Waals surface area (Å²) in [5, 5.41) is 5.94. The van der Waals surface area contributed by atoms with Gasteiger partial charge in [-0.3, -0.25) is 29.0 Å². The maximum atomic E-state index is 13.8. The molecule has 9 N–H and O–H groups in total. The lowest BCUT2D eigenvalue weighted by Gasteiger charge is -2.29. The van der Waals surface area contributed by atoms with E-state index < -0.39 is 49.6 Å². The van der Waals surface area contributed by atoms with Crippen molar-refractivity contribution in [2.45, 2.75) is 56.7 Å². The number of nitrogens with zero attached hydrogens (tertiary/aromatic N) is 1. The number of fused-ring (bicyclic) bond motifs is 1. The standard InChI is InChI=1S/C29H37N6O8P/c30-13-5-4-9-22(33-27(37)24-17-19-16-20(43-44(40,41)42)11-12-21(19)32-24)29(39)35-14-6-10-25(35)28(38)34-23(26(31)36)15-18-7-2-1-3-8-18/h1-3,7-8,11-12,16-17,22-23,25,32H,4-6,9-10,13-15,30H2,(H2,31,36)(H,33,37)(H,34,38)(H2,40,41,42)/t22-,23-,25-/m0/s1. The summed E-state index contributed by atoms with van der Waals surface area (Å²) in [5.41, 5.74) is 12.7. The normalized spacial score (nSPS) is 16.3. The van der Waals surface area contributed by atoms with Gasteiger partial charge < -0.3 is 36.5 Å². The summed E-state index contributed by atoms with van der Waals surface area (Å²) < 4.78 is 15.8. The van der Waals surface area contributed by atoms with Crippen molar-refractivity contribution in [3.63, 3.8) is 0 Å². The summed E-state index contributed by atoms with van der Waals surface area (Å²) in [6, 6.07) is 12.1. The third-order valence-electron chi connectivity index (χ3n) is 7.39. The van der Waals surface area contributed by atoms with Gasteiger partial charge in [0.05, 0.1) is 0 Å². The lowest BCUT2D eigenvalue weighted by Crippen LogP contribution is -2.56. The number of phosphoric ester groups is 1. The van der Waals surface area contributed by atoms with Crippen LogP contribution in [0.2, 0.25) is 0 Å². The zero-order valence-corrected chi connectivity index (χ0v) is 24.9. The number of nitrogens with two attached hydrogens (primary N) is 2. The van der Waals surface area contributed by atoms with Crippen molar-refractivity contribution in [3.05, 3.63) is 65.9 Å². The number of H-pyrrole nitrogens is 1. The fraction of sp³-hybridized carbons (Fsp3) is 0.379. The molecule has 0 saturated carbocycles. The van der Waals surface area contributed by atoms with E-state index in [1.165, 1.54) is 29.2 Å². The van der Waals surface area contributed by atoms with Crippen LogP contribution in [0, 0.1) is 0 Å². The molecule has 2 heterocycles. The minimum atomic E-state index is -4.77. The molecule has 1 fully saturated rings.